The van der Waals surface area contributed by atoms with Crippen LogP contribution in [0.5, 0.6) is 0 Å². The third-order valence-corrected chi connectivity index (χ3v) is 1.33. The Morgan fingerprint density at radius 2 is 2.17 bits per heavy atom. The van der Waals surface area contributed by atoms with Crippen LogP contribution < -0.4 is 5.73 Å². The molecular formula is C9H7NO2. The Bertz CT molecular complexity index is 339. The first kappa shape index (κ1) is 8.15. The van der Waals surface area contributed by atoms with Gasteiger partial charge in [0, 0.05) is 5.69 Å². The van der Waals surface area contributed by atoms with Crippen LogP contribution in [0, 0.1) is 12.5 Å². The monoisotopic (exact) mass is 161 g/mol. The van der Waals surface area contributed by atoms with Gasteiger partial charge in [0.25, 0.3) is 0 Å². The zero-order valence-electron chi connectivity index (χ0n) is 6.28. The van der Waals surface area contributed by atoms with E-state index >= 15 is 0 Å². The average molecular weight is 161 g/mol. The first-order valence-electron chi connectivity index (χ1n) is 3.27. The summed E-state index contributed by atoms with van der Waals surface area (Å²) in [7, 11) is 0. The van der Waals surface area contributed by atoms with Crippen LogP contribution in [0.15, 0.2) is 24.3 Å². The van der Waals surface area contributed by atoms with Crippen LogP contribution in [0.4, 0.5) is 5.69 Å². The van der Waals surface area contributed by atoms with Gasteiger partial charge in [0.15, 0.2) is 0 Å². The van der Waals surface area contributed by atoms with Gasteiger partial charge in [-0.05, 0) is 12.1 Å². The van der Waals surface area contributed by atoms with Crippen molar-refractivity contribution in [3.05, 3.63) is 29.8 Å². The van der Waals surface area contributed by atoms with E-state index in [0.29, 0.717) is 5.69 Å². The molecule has 3 heteroatoms. The molecule has 0 aliphatic heterocycles. The van der Waals surface area contributed by atoms with E-state index in [-0.39, 0.29) is 5.56 Å². The number of nitrogens with two attached hydrogens (primary N) is 1. The number of ether oxygens (including phenoxy) is 1. The molecule has 0 saturated carbocycles. The van der Waals surface area contributed by atoms with Crippen molar-refractivity contribution in [1.82, 2.24) is 0 Å². The maximum Gasteiger partial charge on any atom is 0.354 e. The third-order valence-electron chi connectivity index (χ3n) is 1.33. The van der Waals surface area contributed by atoms with Crippen molar-refractivity contribution in [2.75, 3.05) is 5.73 Å². The van der Waals surface area contributed by atoms with Crippen molar-refractivity contribution in [3.8, 4) is 12.5 Å². The van der Waals surface area contributed by atoms with Crippen LogP contribution in [0.25, 0.3) is 0 Å². The van der Waals surface area contributed by atoms with Crippen molar-refractivity contribution >= 4 is 11.7 Å². The minimum absolute atomic E-state index is 0.287. The van der Waals surface area contributed by atoms with Gasteiger partial charge in [-0.2, -0.15) is 0 Å². The number of para-hydroxylation sites is 1. The Morgan fingerprint density at radius 1 is 1.50 bits per heavy atom. The van der Waals surface area contributed by atoms with Crippen molar-refractivity contribution in [3.63, 3.8) is 0 Å². The van der Waals surface area contributed by atoms with Crippen LogP contribution in [0.1, 0.15) is 10.4 Å². The van der Waals surface area contributed by atoms with Crippen LogP contribution >= 0.6 is 0 Å². The molecule has 0 spiro atoms. The van der Waals surface area contributed by atoms with Crippen LogP contribution in [-0.2, 0) is 4.74 Å². The Morgan fingerprint density at radius 3 is 2.75 bits per heavy atom. The number of anilines is 1. The van der Waals surface area contributed by atoms with Crippen molar-refractivity contribution in [1.29, 1.82) is 0 Å². The smallest absolute Gasteiger partial charge is 0.354 e. The lowest BCUT2D eigenvalue weighted by Gasteiger charge is -1.99. The van der Waals surface area contributed by atoms with E-state index in [1.165, 1.54) is 0 Å². The van der Waals surface area contributed by atoms with Crippen molar-refractivity contribution < 1.29 is 9.53 Å². The zero-order chi connectivity index (χ0) is 8.97. The molecule has 0 atom stereocenters. The fraction of sp³-hybridized carbons (Fsp3) is 0. The summed E-state index contributed by atoms with van der Waals surface area (Å²) in [6.45, 7) is 0. The first-order chi connectivity index (χ1) is 5.75. The molecule has 1 rings (SSSR count). The molecular weight excluding hydrogens is 154 g/mol. The van der Waals surface area contributed by atoms with Gasteiger partial charge in [-0.25, -0.2) is 4.79 Å². The summed E-state index contributed by atoms with van der Waals surface area (Å²) in [5, 5.41) is 0. The second-order valence-corrected chi connectivity index (χ2v) is 2.09. The number of carbonyl (C=O) groups is 1. The summed E-state index contributed by atoms with van der Waals surface area (Å²) in [6.07, 6.45) is 6.57. The molecule has 3 nitrogen and oxygen atoms in total. The predicted molar refractivity (Wildman–Crippen MR) is 45.1 cm³/mol. The zero-order valence-corrected chi connectivity index (χ0v) is 6.28. The van der Waals surface area contributed by atoms with Crippen molar-refractivity contribution in [2.24, 2.45) is 0 Å². The molecule has 0 bridgehead atoms. The van der Waals surface area contributed by atoms with Crippen molar-refractivity contribution in [2.45, 2.75) is 0 Å². The molecule has 1 aromatic rings. The second kappa shape index (κ2) is 3.44. The highest BCUT2D eigenvalue weighted by molar-refractivity contribution is 5.95. The molecule has 2 N–H and O–H groups in total. The SMILES string of the molecule is C#COC(=O)c1ccccc1N. The summed E-state index contributed by atoms with van der Waals surface area (Å²) in [4.78, 5) is 11.0. The standard InChI is InChI=1S/C9H7NO2/c1-2-12-9(11)7-5-3-4-6-8(7)10/h1,3-6H,10H2. The molecule has 12 heavy (non-hydrogen) atoms. The fourth-order valence-electron chi connectivity index (χ4n) is 0.791. The Labute approximate surface area is 70.1 Å². The van der Waals surface area contributed by atoms with Gasteiger partial charge in [-0.3, -0.25) is 0 Å². The molecule has 0 saturated heterocycles. The third kappa shape index (κ3) is 1.55. The van der Waals surface area contributed by atoms with E-state index in [9.17, 15) is 4.79 Å². The van der Waals surface area contributed by atoms with Gasteiger partial charge in [0.1, 0.15) is 6.11 Å². The number of nitrogen functional groups attached to an aromatic ring is 1. The molecule has 0 aromatic heterocycles. The van der Waals surface area contributed by atoms with Gasteiger partial charge in [0.2, 0.25) is 0 Å². The lowest BCUT2D eigenvalue weighted by Crippen LogP contribution is -2.04. The predicted octanol–water partition coefficient (Wildman–Crippen LogP) is 1.02. The lowest BCUT2D eigenvalue weighted by atomic mass is 10.2. The van der Waals surface area contributed by atoms with Gasteiger partial charge < -0.3 is 10.5 Å². The number of hydrogen-bond donors (Lipinski definition) is 1. The maximum atomic E-state index is 11.0. The van der Waals surface area contributed by atoms with E-state index in [2.05, 4.69) is 4.74 Å². The molecule has 0 aliphatic carbocycles. The quantitative estimate of drug-likeness (QED) is 0.380. The fourth-order valence-corrected chi connectivity index (χ4v) is 0.791. The Hall–Kier alpha value is -1.95. The summed E-state index contributed by atoms with van der Waals surface area (Å²) in [5.74, 6) is -0.601. The first-order valence-corrected chi connectivity index (χ1v) is 3.27. The summed E-state index contributed by atoms with van der Waals surface area (Å²) in [5.41, 5.74) is 6.13. The van der Waals surface area contributed by atoms with E-state index in [1.54, 1.807) is 30.4 Å². The Kier molecular flexibility index (Phi) is 2.34. The molecule has 0 amide bonds. The minimum atomic E-state index is -0.601. The van der Waals surface area contributed by atoms with Gasteiger partial charge in [0.05, 0.1) is 5.56 Å². The van der Waals surface area contributed by atoms with Gasteiger partial charge in [-0.15, -0.1) is 0 Å². The summed E-state index contributed by atoms with van der Waals surface area (Å²) in [6, 6.07) is 6.56. The van der Waals surface area contributed by atoms with Crippen LogP contribution in [0.3, 0.4) is 0 Å². The summed E-state index contributed by atoms with van der Waals surface area (Å²) < 4.78 is 4.32. The lowest BCUT2D eigenvalue weighted by molar-refractivity contribution is 0.0692. The van der Waals surface area contributed by atoms with E-state index in [1.807, 2.05) is 0 Å². The molecule has 60 valence electrons. The molecule has 0 aliphatic rings. The highest BCUT2D eigenvalue weighted by atomic mass is 16.5. The number of hydrogen-bond acceptors (Lipinski definition) is 3. The molecule has 0 radical (unpaired) electrons. The maximum absolute atomic E-state index is 11.0. The van der Waals surface area contributed by atoms with Gasteiger partial charge >= 0.3 is 5.97 Å². The highest BCUT2D eigenvalue weighted by Gasteiger charge is 2.08. The minimum Gasteiger partial charge on any atom is -0.398 e. The topological polar surface area (TPSA) is 52.3 Å². The van der Waals surface area contributed by atoms with E-state index < -0.39 is 5.97 Å². The molecule has 0 heterocycles. The largest absolute Gasteiger partial charge is 0.398 e. The Balaban J connectivity index is 2.97. The number of esters is 1. The number of rotatable bonds is 1. The average Bonchev–Trinajstić information content (AvgIpc) is 2.05. The summed E-state index contributed by atoms with van der Waals surface area (Å²) >= 11 is 0. The number of benzene rings is 1. The van der Waals surface area contributed by atoms with Crippen LogP contribution in [0.2, 0.25) is 0 Å². The van der Waals surface area contributed by atoms with Gasteiger partial charge in [-0.1, -0.05) is 18.6 Å². The van der Waals surface area contributed by atoms with Crippen LogP contribution in [-0.4, -0.2) is 5.97 Å². The number of carbonyl (C=O) groups excluding carboxylic acids is 1. The van der Waals surface area contributed by atoms with E-state index in [4.69, 9.17) is 12.2 Å². The normalized spacial score (nSPS) is 8.58. The second-order valence-electron chi connectivity index (χ2n) is 2.09. The molecule has 0 unspecified atom stereocenters. The highest BCUT2D eigenvalue weighted by Crippen LogP contribution is 2.10. The molecule has 0 fully saturated rings. The van der Waals surface area contributed by atoms with E-state index in [0.717, 1.165) is 0 Å². The number of terminal acetylenes is 1. The molecule has 1 aromatic carbocycles.